The van der Waals surface area contributed by atoms with Crippen molar-refractivity contribution in [2.45, 2.75) is 12.8 Å². The number of rotatable bonds is 6. The maximum absolute atomic E-state index is 13.3. The van der Waals surface area contributed by atoms with E-state index in [0.717, 1.165) is 24.2 Å². The van der Waals surface area contributed by atoms with E-state index in [9.17, 15) is 14.4 Å². The van der Waals surface area contributed by atoms with Gasteiger partial charge in [0.25, 0.3) is 11.8 Å². The first-order valence-corrected chi connectivity index (χ1v) is 13.3. The Morgan fingerprint density at radius 2 is 1.59 bits per heavy atom. The van der Waals surface area contributed by atoms with E-state index in [1.54, 1.807) is 36.2 Å². The maximum atomic E-state index is 13.3. The Labute approximate surface area is 228 Å². The molecule has 3 amide bonds. The number of piperazine rings is 1. The highest BCUT2D eigenvalue weighted by atomic mass is 16.2. The summed E-state index contributed by atoms with van der Waals surface area (Å²) in [5.74, 6) is -0.906. The molecule has 0 spiro atoms. The summed E-state index contributed by atoms with van der Waals surface area (Å²) < 4.78 is 0. The van der Waals surface area contributed by atoms with Gasteiger partial charge in [-0.3, -0.25) is 19.4 Å². The second-order valence-electron chi connectivity index (χ2n) is 10.0. The topological polar surface area (TPSA) is 85.3 Å². The third kappa shape index (κ3) is 5.47. The Bertz CT molecular complexity index is 1410. The van der Waals surface area contributed by atoms with Gasteiger partial charge in [-0.25, -0.2) is 0 Å². The lowest BCUT2D eigenvalue weighted by atomic mass is 9.90. The third-order valence-corrected chi connectivity index (χ3v) is 7.45. The first-order chi connectivity index (χ1) is 18.9. The molecule has 39 heavy (non-hydrogen) atoms. The lowest BCUT2D eigenvalue weighted by Gasteiger charge is -2.32. The molecule has 1 fully saturated rings. The summed E-state index contributed by atoms with van der Waals surface area (Å²) in [6, 6.07) is 22.2. The average molecular weight is 524 g/mol. The van der Waals surface area contributed by atoms with E-state index in [1.807, 2.05) is 60.4 Å². The Balaban J connectivity index is 1.47. The molecule has 2 aliphatic heterocycles. The van der Waals surface area contributed by atoms with Crippen molar-refractivity contribution in [2.24, 2.45) is 4.99 Å². The van der Waals surface area contributed by atoms with Crippen LogP contribution in [0.15, 0.2) is 77.8 Å². The van der Waals surface area contributed by atoms with Crippen molar-refractivity contribution in [1.29, 1.82) is 0 Å². The number of hydrogen-bond acceptors (Lipinski definition) is 5. The number of carbonyl (C=O) groups excluding carboxylic acids is 3. The molecule has 0 aliphatic carbocycles. The highest BCUT2D eigenvalue weighted by Gasteiger charge is 2.36. The molecular formula is C31H33N5O3. The van der Waals surface area contributed by atoms with Gasteiger partial charge < -0.3 is 20.0 Å². The number of aliphatic imine (C=N–C) groups is 1. The molecule has 3 aromatic rings. The highest BCUT2D eigenvalue weighted by molar-refractivity contribution is 6.24. The number of nitrogens with one attached hydrogen (secondary N) is 1. The monoisotopic (exact) mass is 523 g/mol. The van der Waals surface area contributed by atoms with Crippen molar-refractivity contribution in [1.82, 2.24) is 14.7 Å². The van der Waals surface area contributed by atoms with Crippen LogP contribution in [0.2, 0.25) is 0 Å². The molecule has 3 aromatic carbocycles. The molecule has 2 aliphatic rings. The van der Waals surface area contributed by atoms with Gasteiger partial charge in [-0.05, 0) is 61.5 Å². The van der Waals surface area contributed by atoms with Gasteiger partial charge in [-0.2, -0.15) is 0 Å². The number of hydrogen-bond donors (Lipinski definition) is 1. The molecule has 2 heterocycles. The fourth-order valence-electron chi connectivity index (χ4n) is 4.95. The third-order valence-electron chi connectivity index (χ3n) is 7.45. The van der Waals surface area contributed by atoms with E-state index in [1.165, 1.54) is 0 Å². The van der Waals surface area contributed by atoms with Crippen LogP contribution in [-0.4, -0.2) is 85.0 Å². The Morgan fingerprint density at radius 1 is 0.923 bits per heavy atom. The number of fused-ring (bicyclic) bond motifs is 1. The van der Waals surface area contributed by atoms with Crippen LogP contribution < -0.4 is 5.32 Å². The Hall–Kier alpha value is -4.30. The molecular weight excluding hydrogens is 490 g/mol. The van der Waals surface area contributed by atoms with Gasteiger partial charge in [-0.15, -0.1) is 0 Å². The second kappa shape index (κ2) is 11.2. The molecule has 1 saturated heterocycles. The van der Waals surface area contributed by atoms with Gasteiger partial charge in [0.2, 0.25) is 5.91 Å². The molecule has 0 bridgehead atoms. The molecule has 1 unspecified atom stereocenters. The first-order valence-electron chi connectivity index (χ1n) is 13.3. The minimum absolute atomic E-state index is 0.0186. The molecule has 8 heteroatoms. The van der Waals surface area contributed by atoms with Crippen LogP contribution >= 0.6 is 0 Å². The predicted octanol–water partition coefficient (Wildman–Crippen LogP) is 4.02. The molecule has 200 valence electrons. The first kappa shape index (κ1) is 26.3. The van der Waals surface area contributed by atoms with E-state index in [2.05, 4.69) is 17.3 Å². The SMILES string of the molecule is CCN(C)C(=O)c1ccc2c(c1)NC(=O)C2C(=Nc1ccc(C(=O)N2CCN(C)CC2)cc1)c1ccccc1. The van der Waals surface area contributed by atoms with Crippen molar-refractivity contribution >= 4 is 34.8 Å². The van der Waals surface area contributed by atoms with Gasteiger partial charge in [0.05, 0.1) is 11.4 Å². The van der Waals surface area contributed by atoms with Crippen molar-refractivity contribution in [3.63, 3.8) is 0 Å². The van der Waals surface area contributed by atoms with Crippen molar-refractivity contribution in [2.75, 3.05) is 52.1 Å². The van der Waals surface area contributed by atoms with E-state index in [-0.39, 0.29) is 17.7 Å². The summed E-state index contributed by atoms with van der Waals surface area (Å²) in [5.41, 5.74) is 4.64. The molecule has 0 radical (unpaired) electrons. The fraction of sp³-hybridized carbons (Fsp3) is 0.290. The van der Waals surface area contributed by atoms with Gasteiger partial charge >= 0.3 is 0 Å². The molecule has 1 atom stereocenters. The normalized spacial score (nSPS) is 17.5. The standard InChI is InChI=1S/C31H33N5O3/c1-4-35(3)30(38)23-12-15-25-26(20-23)33-29(37)27(25)28(21-8-6-5-7-9-21)32-24-13-10-22(11-14-24)31(39)36-18-16-34(2)17-19-36/h5-15,20,27H,4,16-19H2,1-3H3,(H,33,37). The van der Waals surface area contributed by atoms with Crippen LogP contribution in [0.3, 0.4) is 0 Å². The number of amides is 3. The Kier molecular flexibility index (Phi) is 7.56. The van der Waals surface area contributed by atoms with Crippen molar-refractivity contribution < 1.29 is 14.4 Å². The summed E-state index contributed by atoms with van der Waals surface area (Å²) in [5, 5.41) is 2.96. The second-order valence-corrected chi connectivity index (χ2v) is 10.0. The van der Waals surface area contributed by atoms with Crippen LogP contribution in [0.25, 0.3) is 0 Å². The van der Waals surface area contributed by atoms with E-state index < -0.39 is 5.92 Å². The van der Waals surface area contributed by atoms with Crippen LogP contribution in [0, 0.1) is 0 Å². The van der Waals surface area contributed by atoms with Crippen molar-refractivity contribution in [3.8, 4) is 0 Å². The van der Waals surface area contributed by atoms with E-state index in [4.69, 9.17) is 4.99 Å². The summed E-state index contributed by atoms with van der Waals surface area (Å²) in [6.45, 7) is 5.67. The van der Waals surface area contributed by atoms with Gasteiger partial charge in [-0.1, -0.05) is 36.4 Å². The smallest absolute Gasteiger partial charge is 0.253 e. The number of benzene rings is 3. The quantitative estimate of drug-likeness (QED) is 0.495. The highest BCUT2D eigenvalue weighted by Crippen LogP contribution is 2.37. The van der Waals surface area contributed by atoms with Gasteiger partial charge in [0, 0.05) is 56.6 Å². The van der Waals surface area contributed by atoms with Crippen LogP contribution in [0.4, 0.5) is 11.4 Å². The van der Waals surface area contributed by atoms with Crippen LogP contribution in [-0.2, 0) is 4.79 Å². The minimum atomic E-state index is -0.637. The summed E-state index contributed by atoms with van der Waals surface area (Å²) in [7, 11) is 3.81. The number of nitrogens with zero attached hydrogens (tertiary/aromatic N) is 4. The van der Waals surface area contributed by atoms with E-state index in [0.29, 0.717) is 47.8 Å². The zero-order valence-corrected chi connectivity index (χ0v) is 22.6. The van der Waals surface area contributed by atoms with Crippen LogP contribution in [0.5, 0.6) is 0 Å². The van der Waals surface area contributed by atoms with Crippen molar-refractivity contribution in [3.05, 3.63) is 95.1 Å². The maximum Gasteiger partial charge on any atom is 0.253 e. The zero-order valence-electron chi connectivity index (χ0n) is 22.6. The predicted molar refractivity (Wildman–Crippen MR) is 153 cm³/mol. The average Bonchev–Trinajstić information content (AvgIpc) is 3.30. The fourth-order valence-corrected chi connectivity index (χ4v) is 4.95. The molecule has 5 rings (SSSR count). The molecule has 0 saturated carbocycles. The number of carbonyl (C=O) groups is 3. The van der Waals surface area contributed by atoms with Gasteiger partial charge in [0.15, 0.2) is 0 Å². The summed E-state index contributed by atoms with van der Waals surface area (Å²) >= 11 is 0. The molecule has 8 nitrogen and oxygen atoms in total. The van der Waals surface area contributed by atoms with Crippen LogP contribution in [0.1, 0.15) is 44.7 Å². The minimum Gasteiger partial charge on any atom is -0.342 e. The molecule has 1 N–H and O–H groups in total. The molecule has 0 aromatic heterocycles. The van der Waals surface area contributed by atoms with Gasteiger partial charge in [0.1, 0.15) is 5.92 Å². The zero-order chi connectivity index (χ0) is 27.5. The summed E-state index contributed by atoms with van der Waals surface area (Å²) in [6.07, 6.45) is 0. The lowest BCUT2D eigenvalue weighted by Crippen LogP contribution is -2.47. The Morgan fingerprint density at radius 3 is 2.26 bits per heavy atom. The lowest BCUT2D eigenvalue weighted by molar-refractivity contribution is -0.115. The van der Waals surface area contributed by atoms with E-state index >= 15 is 0 Å². The number of anilines is 1. The summed E-state index contributed by atoms with van der Waals surface area (Å²) in [4.78, 5) is 49.6. The number of likely N-dealkylation sites (N-methyl/N-ethyl adjacent to an activating group) is 1. The largest absolute Gasteiger partial charge is 0.342 e.